The van der Waals surface area contributed by atoms with E-state index >= 15 is 0 Å². The van der Waals surface area contributed by atoms with Gasteiger partial charge in [0, 0.05) is 11.5 Å². The molecule has 4 heteroatoms. The number of aliphatic hydroxyl groups excluding tert-OH is 1. The number of hydrogen-bond acceptors (Lipinski definition) is 4. The highest BCUT2D eigenvalue weighted by Crippen LogP contribution is 2.49. The maximum Gasteiger partial charge on any atom is 0.334 e. The summed E-state index contributed by atoms with van der Waals surface area (Å²) in [6.07, 6.45) is 3.42. The molecule has 5 atom stereocenters. The molecule has 1 aliphatic carbocycles. The monoisotopic (exact) mass is 264 g/mol. The number of ether oxygens (including phenoxy) is 2. The lowest BCUT2D eigenvalue weighted by Crippen LogP contribution is -2.31. The lowest BCUT2D eigenvalue weighted by molar-refractivity contribution is -0.140. The lowest BCUT2D eigenvalue weighted by atomic mass is 9.83. The molecule has 0 aromatic carbocycles. The van der Waals surface area contributed by atoms with Gasteiger partial charge in [0.2, 0.25) is 0 Å². The van der Waals surface area contributed by atoms with Crippen molar-refractivity contribution < 1.29 is 19.4 Å². The Morgan fingerprint density at radius 2 is 2.26 bits per heavy atom. The van der Waals surface area contributed by atoms with Gasteiger partial charge in [0.25, 0.3) is 0 Å². The Morgan fingerprint density at radius 3 is 3.00 bits per heavy atom. The molecule has 2 saturated heterocycles. The molecule has 0 aromatic rings. The predicted molar refractivity (Wildman–Crippen MR) is 69.4 cm³/mol. The van der Waals surface area contributed by atoms with Gasteiger partial charge in [0.15, 0.2) is 0 Å². The molecule has 3 rings (SSSR count). The van der Waals surface area contributed by atoms with Crippen molar-refractivity contribution in [1.82, 2.24) is 0 Å². The Morgan fingerprint density at radius 1 is 1.53 bits per heavy atom. The van der Waals surface area contributed by atoms with E-state index in [1.54, 1.807) is 0 Å². The number of aliphatic hydroxyl groups is 1. The van der Waals surface area contributed by atoms with Crippen molar-refractivity contribution in [2.75, 3.05) is 0 Å². The van der Waals surface area contributed by atoms with Gasteiger partial charge in [-0.1, -0.05) is 12.7 Å². The van der Waals surface area contributed by atoms with Crippen molar-refractivity contribution >= 4 is 5.97 Å². The fourth-order valence-electron chi connectivity index (χ4n) is 3.20. The van der Waals surface area contributed by atoms with E-state index in [2.05, 4.69) is 19.6 Å². The number of carbonyl (C=O) groups excluding carboxylic acids is 1. The average molecular weight is 264 g/mol. The topological polar surface area (TPSA) is 59.1 Å². The molecule has 104 valence electrons. The summed E-state index contributed by atoms with van der Waals surface area (Å²) < 4.78 is 11.2. The van der Waals surface area contributed by atoms with E-state index in [1.807, 2.05) is 6.92 Å². The van der Waals surface area contributed by atoms with E-state index in [0.717, 1.165) is 18.4 Å². The van der Waals surface area contributed by atoms with Gasteiger partial charge in [-0.2, -0.15) is 0 Å². The molecule has 1 unspecified atom stereocenters. The zero-order valence-corrected chi connectivity index (χ0v) is 11.4. The number of hydrogen-bond donors (Lipinski definition) is 1. The second kappa shape index (κ2) is 4.18. The van der Waals surface area contributed by atoms with Gasteiger partial charge in [-0.3, -0.25) is 0 Å². The number of allylic oxidation sites excluding steroid dienone is 1. The fraction of sp³-hybridized carbons (Fsp3) is 0.667. The van der Waals surface area contributed by atoms with Crippen molar-refractivity contribution in [2.45, 2.75) is 57.0 Å². The third-order valence-corrected chi connectivity index (χ3v) is 4.70. The normalized spacial score (nSPS) is 48.7. The van der Waals surface area contributed by atoms with Crippen LogP contribution >= 0.6 is 0 Å². The average Bonchev–Trinajstić information content (AvgIpc) is 2.95. The van der Waals surface area contributed by atoms with Crippen LogP contribution in [-0.2, 0) is 14.3 Å². The number of carbonyl (C=O) groups is 1. The Bertz CT molecular complexity index is 467. The first-order chi connectivity index (χ1) is 8.92. The van der Waals surface area contributed by atoms with Crippen LogP contribution in [0.5, 0.6) is 0 Å². The number of rotatable bonds is 0. The minimum atomic E-state index is -0.540. The van der Waals surface area contributed by atoms with Crippen LogP contribution < -0.4 is 0 Å². The van der Waals surface area contributed by atoms with E-state index in [4.69, 9.17) is 9.47 Å². The third-order valence-electron chi connectivity index (χ3n) is 4.70. The Kier molecular flexibility index (Phi) is 2.84. The molecule has 0 spiro atoms. The van der Waals surface area contributed by atoms with Crippen LogP contribution in [0.25, 0.3) is 0 Å². The van der Waals surface area contributed by atoms with Gasteiger partial charge < -0.3 is 14.6 Å². The van der Waals surface area contributed by atoms with Crippen LogP contribution in [-0.4, -0.2) is 35.0 Å². The summed E-state index contributed by atoms with van der Waals surface area (Å²) >= 11 is 0. The van der Waals surface area contributed by atoms with E-state index in [-0.39, 0.29) is 29.7 Å². The molecule has 4 nitrogen and oxygen atoms in total. The largest absolute Gasteiger partial charge is 0.455 e. The van der Waals surface area contributed by atoms with Crippen LogP contribution in [0.4, 0.5) is 0 Å². The second-order valence-corrected chi connectivity index (χ2v) is 6.09. The van der Waals surface area contributed by atoms with E-state index < -0.39 is 6.10 Å². The number of epoxide rings is 1. The molecule has 0 bridgehead atoms. The summed E-state index contributed by atoms with van der Waals surface area (Å²) in [5.74, 6) is -0.489. The predicted octanol–water partition coefficient (Wildman–Crippen LogP) is 1.73. The van der Waals surface area contributed by atoms with Gasteiger partial charge >= 0.3 is 5.97 Å². The highest BCUT2D eigenvalue weighted by Gasteiger charge is 2.61. The summed E-state index contributed by atoms with van der Waals surface area (Å²) in [6.45, 7) is 7.81. The molecule has 19 heavy (non-hydrogen) atoms. The van der Waals surface area contributed by atoms with Gasteiger partial charge in [-0.05, 0) is 38.7 Å². The highest BCUT2D eigenvalue weighted by atomic mass is 16.6. The Labute approximate surface area is 113 Å². The van der Waals surface area contributed by atoms with E-state index in [1.165, 1.54) is 0 Å². The highest BCUT2D eigenvalue weighted by molar-refractivity contribution is 5.91. The smallest absolute Gasteiger partial charge is 0.334 e. The van der Waals surface area contributed by atoms with Crippen molar-refractivity contribution in [3.63, 3.8) is 0 Å². The van der Waals surface area contributed by atoms with Crippen LogP contribution in [0.1, 0.15) is 33.1 Å². The molecule has 1 N–H and O–H groups in total. The Balaban J connectivity index is 1.91. The minimum Gasteiger partial charge on any atom is -0.455 e. The van der Waals surface area contributed by atoms with Crippen LogP contribution in [0.3, 0.4) is 0 Å². The summed E-state index contributed by atoms with van der Waals surface area (Å²) in [5, 5.41) is 10.2. The molecule has 0 amide bonds. The molecule has 0 aromatic heterocycles. The first-order valence-corrected chi connectivity index (χ1v) is 6.85. The van der Waals surface area contributed by atoms with Crippen LogP contribution in [0.15, 0.2) is 23.8 Å². The third kappa shape index (κ3) is 2.03. The number of esters is 1. The van der Waals surface area contributed by atoms with Gasteiger partial charge in [-0.25, -0.2) is 4.79 Å². The summed E-state index contributed by atoms with van der Waals surface area (Å²) in [4.78, 5) is 11.7. The Hall–Kier alpha value is -1.13. The molecule has 2 fully saturated rings. The van der Waals surface area contributed by atoms with Crippen molar-refractivity contribution in [3.05, 3.63) is 23.8 Å². The van der Waals surface area contributed by atoms with E-state index in [9.17, 15) is 9.90 Å². The van der Waals surface area contributed by atoms with Gasteiger partial charge in [0.05, 0.1) is 11.7 Å². The number of fused-ring (bicyclic) bond motifs is 3. The summed E-state index contributed by atoms with van der Waals surface area (Å²) in [7, 11) is 0. The molecule has 3 aliphatic rings. The van der Waals surface area contributed by atoms with Gasteiger partial charge in [-0.15, -0.1) is 0 Å². The van der Waals surface area contributed by atoms with Crippen LogP contribution in [0.2, 0.25) is 0 Å². The molecular weight excluding hydrogens is 244 g/mol. The molecule has 2 aliphatic heterocycles. The molecular formula is C15H20O4. The SMILES string of the molecule is C=C1C(=O)O[C@H]2C1C[C@@H](O)/C(C)=C/CC[C@@]1(C)O[C@H]21. The second-order valence-electron chi connectivity index (χ2n) is 6.09. The van der Waals surface area contributed by atoms with Crippen LogP contribution in [0, 0.1) is 5.92 Å². The fourth-order valence-corrected chi connectivity index (χ4v) is 3.20. The lowest BCUT2D eigenvalue weighted by Gasteiger charge is -2.22. The van der Waals surface area contributed by atoms with Crippen molar-refractivity contribution in [2.24, 2.45) is 5.92 Å². The minimum absolute atomic E-state index is 0.0558. The van der Waals surface area contributed by atoms with Gasteiger partial charge in [0.1, 0.15) is 12.2 Å². The first kappa shape index (κ1) is 12.9. The quantitative estimate of drug-likeness (QED) is 0.313. The molecule has 0 radical (unpaired) electrons. The standard InChI is InChI=1S/C15H20O4/c1-8-5-4-6-15(3)13(19-15)12-10(7-11(8)16)9(2)14(17)18-12/h5,10-13,16H,2,4,6-7H2,1,3H3/b8-5+/t10?,11-,12+,13-,15-/m1/s1. The van der Waals surface area contributed by atoms with E-state index in [0.29, 0.717) is 12.0 Å². The zero-order valence-electron chi connectivity index (χ0n) is 11.4. The van der Waals surface area contributed by atoms with Crippen molar-refractivity contribution in [3.8, 4) is 0 Å². The zero-order chi connectivity index (χ0) is 13.8. The summed E-state index contributed by atoms with van der Waals surface area (Å²) in [5.41, 5.74) is 1.22. The summed E-state index contributed by atoms with van der Waals surface area (Å²) in [6, 6.07) is 0. The first-order valence-electron chi connectivity index (χ1n) is 6.85. The maximum absolute atomic E-state index is 11.7. The molecule has 2 heterocycles. The molecule has 0 saturated carbocycles. The maximum atomic E-state index is 11.7. The van der Waals surface area contributed by atoms with Crippen molar-refractivity contribution in [1.29, 1.82) is 0 Å².